The van der Waals surface area contributed by atoms with Gasteiger partial charge < -0.3 is 10.1 Å². The fraction of sp³-hybridized carbons (Fsp3) is 1.00. The maximum atomic E-state index is 5.58. The lowest BCUT2D eigenvalue weighted by Gasteiger charge is -2.43. The third kappa shape index (κ3) is 4.84. The summed E-state index contributed by atoms with van der Waals surface area (Å²) in [5.41, 5.74) is 0.625. The largest absolute Gasteiger partial charge is 0.378 e. The molecule has 0 heterocycles. The van der Waals surface area contributed by atoms with Crippen LogP contribution in [0.5, 0.6) is 0 Å². The van der Waals surface area contributed by atoms with E-state index in [1.165, 1.54) is 19.3 Å². The summed E-state index contributed by atoms with van der Waals surface area (Å²) in [5, 5.41) is 3.76. The quantitative estimate of drug-likeness (QED) is 0.777. The van der Waals surface area contributed by atoms with Crippen LogP contribution < -0.4 is 5.32 Å². The summed E-state index contributed by atoms with van der Waals surface area (Å²) in [4.78, 5) is 0. The van der Waals surface area contributed by atoms with Crippen LogP contribution in [-0.2, 0) is 4.74 Å². The molecule has 0 spiro atoms. The predicted molar refractivity (Wildman–Crippen MR) is 69.7 cm³/mol. The molecule has 0 unspecified atom stereocenters. The second kappa shape index (κ2) is 5.05. The van der Waals surface area contributed by atoms with Crippen LogP contribution in [0.15, 0.2) is 0 Å². The summed E-state index contributed by atoms with van der Waals surface area (Å²) in [6.07, 6.45) is 4.08. The second-order valence-electron chi connectivity index (χ2n) is 7.01. The zero-order chi connectivity index (χ0) is 12.4. The minimum Gasteiger partial charge on any atom is -0.378 e. The van der Waals surface area contributed by atoms with Crippen molar-refractivity contribution in [3.8, 4) is 0 Å². The fourth-order valence-corrected chi connectivity index (χ4v) is 2.98. The summed E-state index contributed by atoms with van der Waals surface area (Å²) in [5.74, 6) is 0. The van der Waals surface area contributed by atoms with Crippen molar-refractivity contribution in [2.24, 2.45) is 5.41 Å². The first kappa shape index (κ1) is 14.0. The monoisotopic (exact) mass is 227 g/mol. The molecule has 96 valence electrons. The van der Waals surface area contributed by atoms with E-state index in [4.69, 9.17) is 4.74 Å². The van der Waals surface area contributed by atoms with Crippen LogP contribution in [0.2, 0.25) is 0 Å². The van der Waals surface area contributed by atoms with Gasteiger partial charge >= 0.3 is 0 Å². The van der Waals surface area contributed by atoms with Gasteiger partial charge in [-0.3, -0.25) is 0 Å². The van der Waals surface area contributed by atoms with Crippen molar-refractivity contribution in [3.63, 3.8) is 0 Å². The van der Waals surface area contributed by atoms with Crippen molar-refractivity contribution < 1.29 is 4.74 Å². The van der Waals surface area contributed by atoms with Crippen LogP contribution in [0.1, 0.15) is 60.8 Å². The van der Waals surface area contributed by atoms with E-state index in [0.29, 0.717) is 17.6 Å². The fourth-order valence-electron chi connectivity index (χ4n) is 2.98. The van der Waals surface area contributed by atoms with Gasteiger partial charge in [-0.2, -0.15) is 0 Å². The number of ether oxygens (including phenoxy) is 1. The third-order valence-corrected chi connectivity index (χ3v) is 3.06. The Morgan fingerprint density at radius 2 is 1.69 bits per heavy atom. The Morgan fingerprint density at radius 3 is 2.12 bits per heavy atom. The van der Waals surface area contributed by atoms with Crippen LogP contribution in [0.3, 0.4) is 0 Å². The molecule has 2 nitrogen and oxygen atoms in total. The summed E-state index contributed by atoms with van der Waals surface area (Å²) >= 11 is 0. The van der Waals surface area contributed by atoms with Crippen molar-refractivity contribution in [1.29, 1.82) is 0 Å². The molecular formula is C14H29NO. The average Bonchev–Trinajstić information content (AvgIpc) is 1.95. The summed E-state index contributed by atoms with van der Waals surface area (Å²) < 4.78 is 5.58. The number of hydrogen-bond donors (Lipinski definition) is 1. The molecule has 0 aliphatic heterocycles. The molecule has 1 aliphatic carbocycles. The van der Waals surface area contributed by atoms with E-state index in [1.807, 2.05) is 0 Å². The molecule has 16 heavy (non-hydrogen) atoms. The Hall–Kier alpha value is -0.0800. The maximum Gasteiger partial charge on any atom is 0.0604 e. The van der Waals surface area contributed by atoms with E-state index in [0.717, 1.165) is 6.61 Å². The van der Waals surface area contributed by atoms with Gasteiger partial charge in [0.1, 0.15) is 0 Å². The van der Waals surface area contributed by atoms with Crippen molar-refractivity contribution in [3.05, 3.63) is 0 Å². The minimum absolute atomic E-state index is 0.236. The van der Waals surface area contributed by atoms with Gasteiger partial charge in [-0.1, -0.05) is 20.8 Å². The second-order valence-corrected chi connectivity index (χ2v) is 7.01. The van der Waals surface area contributed by atoms with E-state index in [9.17, 15) is 0 Å². The first-order valence-electron chi connectivity index (χ1n) is 6.61. The van der Waals surface area contributed by atoms with Crippen LogP contribution in [0.4, 0.5) is 0 Å². The van der Waals surface area contributed by atoms with Crippen molar-refractivity contribution in [2.45, 2.75) is 78.5 Å². The summed E-state index contributed by atoms with van der Waals surface area (Å²) in [7, 11) is 0. The molecular weight excluding hydrogens is 198 g/mol. The Balaban J connectivity index is 2.27. The first-order valence-corrected chi connectivity index (χ1v) is 6.61. The van der Waals surface area contributed by atoms with Gasteiger partial charge in [0.05, 0.1) is 6.10 Å². The van der Waals surface area contributed by atoms with Crippen LogP contribution in [0, 0.1) is 5.41 Å². The molecule has 0 atom stereocenters. The highest BCUT2D eigenvalue weighted by Crippen LogP contribution is 2.30. The van der Waals surface area contributed by atoms with Crippen molar-refractivity contribution >= 4 is 0 Å². The topological polar surface area (TPSA) is 21.3 Å². The number of nitrogens with one attached hydrogen (secondary N) is 1. The zero-order valence-electron chi connectivity index (χ0n) is 11.9. The Morgan fingerprint density at radius 1 is 1.12 bits per heavy atom. The predicted octanol–water partition coefficient (Wildman–Crippen LogP) is 3.36. The Labute approximate surface area is 101 Å². The molecule has 0 aromatic rings. The Kier molecular flexibility index (Phi) is 4.42. The van der Waals surface area contributed by atoms with Gasteiger partial charge in [0.15, 0.2) is 0 Å². The lowest BCUT2D eigenvalue weighted by molar-refractivity contribution is -0.0177. The smallest absolute Gasteiger partial charge is 0.0604 e. The normalized spacial score (nSPS) is 26.6. The lowest BCUT2D eigenvalue weighted by Crippen LogP contribution is -2.54. The van der Waals surface area contributed by atoms with Gasteiger partial charge in [-0.25, -0.2) is 0 Å². The van der Waals surface area contributed by atoms with Crippen LogP contribution >= 0.6 is 0 Å². The molecule has 0 aromatic heterocycles. The first-order chi connectivity index (χ1) is 7.22. The van der Waals surface area contributed by atoms with E-state index in [-0.39, 0.29) is 5.54 Å². The molecule has 0 saturated heterocycles. The highest BCUT2D eigenvalue weighted by molar-refractivity contribution is 4.93. The lowest BCUT2D eigenvalue weighted by atomic mass is 9.79. The third-order valence-electron chi connectivity index (χ3n) is 3.06. The van der Waals surface area contributed by atoms with Gasteiger partial charge in [0.25, 0.3) is 0 Å². The molecule has 0 bridgehead atoms. The van der Waals surface area contributed by atoms with Gasteiger partial charge in [0, 0.05) is 18.2 Å². The van der Waals surface area contributed by atoms with Crippen LogP contribution in [0.25, 0.3) is 0 Å². The van der Waals surface area contributed by atoms with Crippen molar-refractivity contribution in [2.75, 3.05) is 6.61 Å². The Bertz CT molecular complexity index is 211. The summed E-state index contributed by atoms with van der Waals surface area (Å²) in [6, 6.07) is 0.661. The molecule has 2 heteroatoms. The van der Waals surface area contributed by atoms with E-state index >= 15 is 0 Å². The van der Waals surface area contributed by atoms with E-state index < -0.39 is 0 Å². The molecule has 1 N–H and O–H groups in total. The summed E-state index contributed by atoms with van der Waals surface area (Å²) in [6.45, 7) is 14.5. The molecule has 1 saturated carbocycles. The van der Waals surface area contributed by atoms with Crippen molar-refractivity contribution in [1.82, 2.24) is 5.32 Å². The number of hydrogen-bond acceptors (Lipinski definition) is 2. The highest BCUT2D eigenvalue weighted by Gasteiger charge is 2.34. The highest BCUT2D eigenvalue weighted by atomic mass is 16.5. The molecule has 1 rings (SSSR count). The van der Waals surface area contributed by atoms with E-state index in [2.05, 4.69) is 46.9 Å². The minimum atomic E-state index is 0.236. The SMILES string of the molecule is CCOC1CC(NC(C)(C)CC(C)(C)C)C1. The average molecular weight is 227 g/mol. The standard InChI is InChI=1S/C14H29NO/c1-7-16-12-8-11(9-12)15-14(5,6)10-13(2,3)4/h11-12,15H,7-10H2,1-6H3. The van der Waals surface area contributed by atoms with E-state index in [1.54, 1.807) is 0 Å². The number of rotatable bonds is 5. The van der Waals surface area contributed by atoms with Gasteiger partial charge in [-0.05, 0) is 45.4 Å². The zero-order valence-corrected chi connectivity index (χ0v) is 11.9. The molecule has 0 radical (unpaired) electrons. The van der Waals surface area contributed by atoms with Crippen LogP contribution in [-0.4, -0.2) is 24.3 Å². The maximum absolute atomic E-state index is 5.58. The van der Waals surface area contributed by atoms with Gasteiger partial charge in [-0.15, -0.1) is 0 Å². The van der Waals surface area contributed by atoms with Gasteiger partial charge in [0.2, 0.25) is 0 Å². The molecule has 0 amide bonds. The molecule has 1 aliphatic rings. The molecule has 0 aromatic carbocycles. The molecule has 1 fully saturated rings.